The molecule has 0 amide bonds. The SMILES string of the molecule is CCCCS/C([Se-])=C/c1ccccc1. The Balaban J connectivity index is 2.43. The van der Waals surface area contributed by atoms with Crippen LogP contribution in [0.25, 0.3) is 6.08 Å². The Morgan fingerprint density at radius 2 is 2.07 bits per heavy atom. The minimum absolute atomic E-state index is 1.21. The van der Waals surface area contributed by atoms with Gasteiger partial charge in [0.05, 0.1) is 0 Å². The molecule has 0 fully saturated rings. The van der Waals surface area contributed by atoms with Crippen molar-refractivity contribution in [2.45, 2.75) is 19.8 Å². The van der Waals surface area contributed by atoms with Crippen molar-refractivity contribution in [1.82, 2.24) is 0 Å². The zero-order valence-electron chi connectivity index (χ0n) is 8.40. The Bertz CT molecular complexity index is 280. The minimum atomic E-state index is 1.21. The summed E-state index contributed by atoms with van der Waals surface area (Å²) in [6.45, 7) is 2.22. The van der Waals surface area contributed by atoms with E-state index in [1.165, 1.54) is 28.0 Å². The van der Waals surface area contributed by atoms with Gasteiger partial charge in [-0.25, -0.2) is 0 Å². The second kappa shape index (κ2) is 7.16. The van der Waals surface area contributed by atoms with E-state index in [0.29, 0.717) is 0 Å². The van der Waals surface area contributed by atoms with Crippen molar-refractivity contribution < 1.29 is 0 Å². The number of rotatable bonds is 5. The molecule has 0 bridgehead atoms. The first-order chi connectivity index (χ1) is 6.83. The van der Waals surface area contributed by atoms with E-state index in [4.69, 9.17) is 0 Å². The topological polar surface area (TPSA) is 0 Å². The number of unbranched alkanes of at least 4 members (excludes halogenated alkanes) is 1. The van der Waals surface area contributed by atoms with Crippen LogP contribution in [0.4, 0.5) is 0 Å². The molecule has 0 N–H and O–H groups in total. The first-order valence-corrected chi connectivity index (χ1v) is 6.73. The van der Waals surface area contributed by atoms with Gasteiger partial charge < -0.3 is 0 Å². The van der Waals surface area contributed by atoms with Crippen molar-refractivity contribution in [3.63, 3.8) is 0 Å². The van der Waals surface area contributed by atoms with E-state index in [-0.39, 0.29) is 0 Å². The van der Waals surface area contributed by atoms with E-state index in [1.54, 1.807) is 0 Å². The van der Waals surface area contributed by atoms with Gasteiger partial charge in [-0.2, -0.15) is 0 Å². The third-order valence-electron chi connectivity index (χ3n) is 1.83. The first-order valence-electron chi connectivity index (χ1n) is 4.89. The second-order valence-corrected chi connectivity index (χ2v) is 5.72. The van der Waals surface area contributed by atoms with Gasteiger partial charge in [0.25, 0.3) is 0 Å². The van der Waals surface area contributed by atoms with Crippen LogP contribution in [0.5, 0.6) is 0 Å². The molecule has 2 heteroatoms. The summed E-state index contributed by atoms with van der Waals surface area (Å²) in [6, 6.07) is 10.4. The molecular weight excluding hydrogens is 255 g/mol. The number of hydrogen-bond donors (Lipinski definition) is 0. The molecule has 0 nitrogen and oxygen atoms in total. The van der Waals surface area contributed by atoms with Gasteiger partial charge in [0, 0.05) is 0 Å². The Kier molecular flexibility index (Phi) is 6.09. The van der Waals surface area contributed by atoms with E-state index in [0.717, 1.165) is 0 Å². The van der Waals surface area contributed by atoms with E-state index in [1.807, 2.05) is 17.8 Å². The summed E-state index contributed by atoms with van der Waals surface area (Å²) in [4.78, 5) is 0. The van der Waals surface area contributed by atoms with Gasteiger partial charge in [-0.15, -0.1) is 0 Å². The van der Waals surface area contributed by atoms with Crippen LogP contribution in [0.3, 0.4) is 0 Å². The van der Waals surface area contributed by atoms with Crippen LogP contribution in [0.15, 0.2) is 34.1 Å². The predicted octanol–water partition coefficient (Wildman–Crippen LogP) is 3.69. The van der Waals surface area contributed by atoms with Gasteiger partial charge in [-0.05, 0) is 0 Å². The maximum absolute atomic E-state index is 3.11. The fourth-order valence-corrected chi connectivity index (χ4v) is 2.71. The average Bonchev–Trinajstić information content (AvgIpc) is 2.20. The number of thioether (sulfide) groups is 1. The Hall–Kier alpha value is -0.171. The Morgan fingerprint density at radius 1 is 1.36 bits per heavy atom. The summed E-state index contributed by atoms with van der Waals surface area (Å²) in [6.07, 6.45) is 4.75. The molecule has 14 heavy (non-hydrogen) atoms. The zero-order chi connectivity index (χ0) is 10.2. The maximum atomic E-state index is 3.11. The van der Waals surface area contributed by atoms with E-state index in [9.17, 15) is 0 Å². The molecule has 0 radical (unpaired) electrons. The van der Waals surface area contributed by atoms with Gasteiger partial charge in [0.1, 0.15) is 0 Å². The quantitative estimate of drug-likeness (QED) is 0.581. The summed E-state index contributed by atoms with van der Waals surface area (Å²) in [5.41, 5.74) is 1.27. The van der Waals surface area contributed by atoms with E-state index in [2.05, 4.69) is 53.3 Å². The van der Waals surface area contributed by atoms with Crippen molar-refractivity contribution in [1.29, 1.82) is 0 Å². The molecule has 1 aromatic carbocycles. The van der Waals surface area contributed by atoms with Gasteiger partial charge in [-0.3, -0.25) is 0 Å². The van der Waals surface area contributed by atoms with E-state index < -0.39 is 0 Å². The van der Waals surface area contributed by atoms with Crippen molar-refractivity contribution >= 4 is 33.9 Å². The van der Waals surface area contributed by atoms with Crippen LogP contribution in [0.2, 0.25) is 0 Å². The third kappa shape index (κ3) is 4.90. The van der Waals surface area contributed by atoms with Crippen LogP contribution >= 0.6 is 11.8 Å². The Labute approximate surface area is 99.0 Å². The van der Waals surface area contributed by atoms with Gasteiger partial charge in [0.15, 0.2) is 0 Å². The molecule has 0 saturated heterocycles. The van der Waals surface area contributed by atoms with Crippen LogP contribution in [0.1, 0.15) is 25.3 Å². The van der Waals surface area contributed by atoms with Crippen molar-refractivity contribution in [3.8, 4) is 0 Å². The second-order valence-electron chi connectivity index (χ2n) is 3.08. The summed E-state index contributed by atoms with van der Waals surface area (Å²) in [5, 5.41) is 0. The van der Waals surface area contributed by atoms with Crippen molar-refractivity contribution in [2.75, 3.05) is 5.75 Å². The molecule has 1 aromatic rings. The van der Waals surface area contributed by atoms with Crippen LogP contribution in [0, 0.1) is 0 Å². The van der Waals surface area contributed by atoms with Crippen LogP contribution < -0.4 is 0 Å². The van der Waals surface area contributed by atoms with Gasteiger partial charge >= 0.3 is 99.1 Å². The monoisotopic (exact) mass is 271 g/mol. The molecule has 76 valence electrons. The molecule has 0 aliphatic rings. The van der Waals surface area contributed by atoms with Crippen molar-refractivity contribution in [2.24, 2.45) is 0 Å². The molecule has 0 aromatic heterocycles. The van der Waals surface area contributed by atoms with Crippen LogP contribution in [-0.4, -0.2) is 21.8 Å². The fraction of sp³-hybridized carbons (Fsp3) is 0.333. The normalized spacial score (nSPS) is 11.6. The van der Waals surface area contributed by atoms with Crippen LogP contribution in [-0.2, 0) is 0 Å². The Morgan fingerprint density at radius 3 is 2.71 bits per heavy atom. The summed E-state index contributed by atoms with van der Waals surface area (Å²) in [7, 11) is 0. The molecular formula is C12H15SSe-. The molecule has 0 aliphatic carbocycles. The first kappa shape index (κ1) is 11.9. The van der Waals surface area contributed by atoms with Gasteiger partial charge in [-0.1, -0.05) is 0 Å². The standard InChI is InChI=1S/C12H16SSe/c1-2-3-9-13-12(14)10-11-7-5-4-6-8-11/h4-8,10,14H,2-3,9H2,1H3/p-1/b12-10-. The van der Waals surface area contributed by atoms with E-state index >= 15 is 0 Å². The number of hydrogen-bond acceptors (Lipinski definition) is 1. The molecule has 0 unspecified atom stereocenters. The third-order valence-corrected chi connectivity index (χ3v) is 3.71. The average molecular weight is 270 g/mol. The summed E-state index contributed by atoms with van der Waals surface area (Å²) < 4.78 is 1.28. The summed E-state index contributed by atoms with van der Waals surface area (Å²) >= 11 is 5.01. The zero-order valence-corrected chi connectivity index (χ0v) is 10.9. The van der Waals surface area contributed by atoms with Gasteiger partial charge in [0.2, 0.25) is 0 Å². The number of benzene rings is 1. The molecule has 0 spiro atoms. The summed E-state index contributed by atoms with van der Waals surface area (Å²) in [5.74, 6) is 1.21. The molecule has 0 heterocycles. The molecule has 0 aliphatic heterocycles. The molecule has 1 rings (SSSR count). The van der Waals surface area contributed by atoms with Crippen molar-refractivity contribution in [3.05, 3.63) is 39.7 Å². The molecule has 0 atom stereocenters. The molecule has 0 saturated carbocycles. The predicted molar refractivity (Wildman–Crippen MR) is 67.5 cm³/mol. The fourth-order valence-electron chi connectivity index (χ4n) is 1.04.